The molecule has 28 nitrogen and oxygen atoms in total. The van der Waals surface area contributed by atoms with Gasteiger partial charge in [-0.2, -0.15) is 0 Å². The standard InChI is InChI=1S/C24H17ClFN5O3.C23H17ClFN5O2.C12H8Cl2N2O.C12H10FN3O2.C6H5ClN2O.C6H6FNO/c25-14-3-5-15(6-4-14)31-24(33)18-2-1-10-29-23(18)30-16-7-8-21(19(26)12-16)34-17-9-11-28-20(13-17)22(27)32;24-14-3-5-15(6-4-14)30-23(31)18-2-1-10-28-22(18)29-16-7-8-20(19(25)12-16)32-17-9-11-27-21(26)13-17;13-8-3-5-9(6-4-8)16-12(17)10-2-1-7-15-11(10)14;13-9-5-7(14)1-2-11(9)18-8-3-4-16-10(6-8)12(15)17;7-4-1-2-9-5(3-4)6(8)10;7-5-3-4(8)1-2-6(5)9/h1-13H,(H2,27,32)(H,29,30)(H,31,33);1-13H,(H2,26,27)(H,28,29)(H,30,31);1-7H,(H,16,17);1-6H,14H2,(H2,15,17);1-3H,(H2,8,10);1-3,9H,8H2. The van der Waals surface area contributed by atoms with Gasteiger partial charge in [0.25, 0.3) is 35.4 Å². The Kier molecular flexibility index (Phi) is 32.2. The quantitative estimate of drug-likeness (QED) is 0.0155. The monoisotopic (exact) mass is 1720 g/mol. The Balaban J connectivity index is 0.000000174. The van der Waals surface area contributed by atoms with Crippen LogP contribution in [-0.4, -0.2) is 75.4 Å². The van der Waals surface area contributed by atoms with Gasteiger partial charge in [-0.25, -0.2) is 37.5 Å². The smallest absolute Gasteiger partial charge is 0.267 e. The van der Waals surface area contributed by atoms with E-state index in [9.17, 15) is 46.3 Å². The summed E-state index contributed by atoms with van der Waals surface area (Å²) in [6, 6.07) is 57.8. The first-order valence-electron chi connectivity index (χ1n) is 34.3. The molecule has 0 aliphatic heterocycles. The van der Waals surface area contributed by atoms with E-state index in [-0.39, 0.29) is 97.1 Å². The Bertz CT molecular complexity index is 5990. The molecule has 7 aromatic heterocycles. The molecule has 0 spiro atoms. The zero-order valence-corrected chi connectivity index (χ0v) is 65.4. The predicted molar refractivity (Wildman–Crippen MR) is 451 cm³/mol. The van der Waals surface area contributed by atoms with Gasteiger partial charge < -0.3 is 80.3 Å². The number of nitrogens with zero attached hydrogens (tertiary/aromatic N) is 7. The number of anilines is 10. The van der Waals surface area contributed by atoms with E-state index in [0.717, 1.165) is 12.1 Å². The van der Waals surface area contributed by atoms with Crippen molar-refractivity contribution in [3.05, 3.63) is 356 Å². The molecule has 0 fully saturated rings. The number of ether oxygens (including phenoxy) is 3. The zero-order valence-electron chi connectivity index (χ0n) is 61.6. The number of primary amides is 3. The fourth-order valence-corrected chi connectivity index (χ4v) is 10.2. The van der Waals surface area contributed by atoms with E-state index in [1.54, 1.807) is 133 Å². The van der Waals surface area contributed by atoms with Crippen LogP contribution in [0, 0.1) is 23.3 Å². The topological polar surface area (TPSA) is 457 Å². The van der Waals surface area contributed by atoms with Gasteiger partial charge in [0.05, 0.1) is 16.7 Å². The number of nitrogens with two attached hydrogens (primary N) is 6. The number of phenols is 1. The van der Waals surface area contributed by atoms with Crippen LogP contribution in [0.2, 0.25) is 25.2 Å². The molecule has 0 aliphatic rings. The van der Waals surface area contributed by atoms with Crippen molar-refractivity contribution in [1.82, 2.24) is 34.9 Å². The number of benzene rings is 7. The zero-order chi connectivity index (χ0) is 86.4. The molecule has 0 radical (unpaired) electrons. The van der Waals surface area contributed by atoms with E-state index < -0.39 is 46.9 Å². The molecule has 7 aromatic carbocycles. The Morgan fingerprint density at radius 1 is 0.325 bits per heavy atom. The highest BCUT2D eigenvalue weighted by Gasteiger charge is 2.19. The number of amides is 6. The van der Waals surface area contributed by atoms with Gasteiger partial charge in [-0.05, 0) is 188 Å². The highest BCUT2D eigenvalue weighted by molar-refractivity contribution is 6.33. The van der Waals surface area contributed by atoms with E-state index in [1.165, 1.54) is 128 Å². The first-order valence-corrected chi connectivity index (χ1v) is 36.2. The number of nitrogen functional groups attached to an aromatic ring is 3. The molecule has 120 heavy (non-hydrogen) atoms. The number of nitrogens with one attached hydrogen (secondary N) is 5. The van der Waals surface area contributed by atoms with E-state index >= 15 is 0 Å². The number of aromatic hydroxyl groups is 1. The molecular formula is C83H63Cl5F4N18O10. The number of hydrogen-bond acceptors (Lipinski definition) is 22. The molecule has 7 heterocycles. The molecule has 6 amide bonds. The number of pyridine rings is 7. The number of rotatable bonds is 19. The third-order valence-electron chi connectivity index (χ3n) is 15.1. The van der Waals surface area contributed by atoms with Gasteiger partial charge in [-0.3, -0.25) is 43.7 Å². The lowest BCUT2D eigenvalue weighted by Gasteiger charge is -2.13. The maximum absolute atomic E-state index is 14.7. The van der Waals surface area contributed by atoms with E-state index in [2.05, 4.69) is 61.5 Å². The van der Waals surface area contributed by atoms with Crippen LogP contribution in [0.5, 0.6) is 40.2 Å². The SMILES string of the molecule is NC(=O)c1cc(Cl)ccn1.NC(=O)c1cc(Oc2ccc(N)cc2F)ccn1.NC(=O)c1cc(Oc2ccc(Nc3ncccc3C(=O)Nc3ccc(Cl)cc3)cc2F)ccn1.Nc1cc(Oc2ccc(Nc3ncccc3C(=O)Nc3ccc(Cl)cc3)cc2F)ccn1.Nc1ccc(O)c(F)c1.O=C(Nc1ccc(Cl)cc1)c1cccnc1Cl. The van der Waals surface area contributed by atoms with Crippen LogP contribution < -0.4 is 75.2 Å². The Morgan fingerprint density at radius 3 is 1.03 bits per heavy atom. The summed E-state index contributed by atoms with van der Waals surface area (Å²) in [7, 11) is 0. The highest BCUT2D eigenvalue weighted by Crippen LogP contribution is 2.33. The summed E-state index contributed by atoms with van der Waals surface area (Å²) in [5.74, 6) is -4.42. The molecule has 0 saturated heterocycles. The summed E-state index contributed by atoms with van der Waals surface area (Å²) in [6.45, 7) is 0. The molecule has 0 unspecified atom stereocenters. The number of halogens is 9. The minimum atomic E-state index is -0.725. The first-order chi connectivity index (χ1) is 57.5. The normalized spacial score (nSPS) is 10.1. The summed E-state index contributed by atoms with van der Waals surface area (Å²) in [4.78, 5) is 97.3. The maximum atomic E-state index is 14.7. The average molecular weight is 1730 g/mol. The minimum Gasteiger partial charge on any atom is -0.505 e. The van der Waals surface area contributed by atoms with Gasteiger partial charge in [0, 0.05) is 146 Å². The summed E-state index contributed by atoms with van der Waals surface area (Å²) < 4.78 is 71.3. The average Bonchev–Trinajstić information content (AvgIpc) is 0.818. The van der Waals surface area contributed by atoms with Gasteiger partial charge in [0.15, 0.2) is 46.3 Å². The molecule has 0 bridgehead atoms. The van der Waals surface area contributed by atoms with Crippen molar-refractivity contribution in [1.29, 1.82) is 0 Å². The number of carbonyl (C=O) groups is 6. The fraction of sp³-hybridized carbons (Fsp3) is 0. The molecule has 0 saturated carbocycles. The third kappa shape index (κ3) is 27.8. The van der Waals surface area contributed by atoms with Crippen molar-refractivity contribution in [2.24, 2.45) is 17.2 Å². The summed E-state index contributed by atoms with van der Waals surface area (Å²) in [6.07, 6.45) is 10.2. The number of hydrogen-bond donors (Lipinski definition) is 12. The lowest BCUT2D eigenvalue weighted by molar-refractivity contribution is 0.0987. The molecule has 18 N–H and O–H groups in total. The Labute approximate surface area is 704 Å². The molecule has 14 rings (SSSR count). The van der Waals surface area contributed by atoms with E-state index in [0.29, 0.717) is 71.2 Å². The Morgan fingerprint density at radius 2 is 0.667 bits per heavy atom. The second kappa shape index (κ2) is 43.5. The van der Waals surface area contributed by atoms with Crippen molar-refractivity contribution in [2.75, 3.05) is 43.8 Å². The van der Waals surface area contributed by atoms with Crippen LogP contribution in [0.25, 0.3) is 0 Å². The van der Waals surface area contributed by atoms with Crippen LogP contribution in [0.3, 0.4) is 0 Å². The van der Waals surface area contributed by atoms with E-state index in [4.69, 9.17) is 112 Å². The maximum Gasteiger partial charge on any atom is 0.267 e. The molecular weight excluding hydrogens is 1660 g/mol. The first kappa shape index (κ1) is 88.7. The molecule has 608 valence electrons. The molecule has 37 heteroatoms. The van der Waals surface area contributed by atoms with Gasteiger partial charge in [0.1, 0.15) is 56.9 Å². The second-order valence-electron chi connectivity index (χ2n) is 23.9. The summed E-state index contributed by atoms with van der Waals surface area (Å²) >= 11 is 28.9. The van der Waals surface area contributed by atoms with Crippen molar-refractivity contribution in [3.63, 3.8) is 0 Å². The number of carbonyl (C=O) groups excluding carboxylic acids is 6. The summed E-state index contributed by atoms with van der Waals surface area (Å²) in [5, 5.41) is 25.1. The van der Waals surface area contributed by atoms with Gasteiger partial charge in [-0.15, -0.1) is 0 Å². The van der Waals surface area contributed by atoms with Gasteiger partial charge >= 0.3 is 0 Å². The fourth-order valence-electron chi connectivity index (χ4n) is 9.48. The van der Waals surface area contributed by atoms with Crippen LogP contribution in [0.15, 0.2) is 274 Å². The van der Waals surface area contributed by atoms with Crippen LogP contribution in [0.4, 0.5) is 74.8 Å². The largest absolute Gasteiger partial charge is 0.505 e. The van der Waals surface area contributed by atoms with Crippen molar-refractivity contribution in [2.45, 2.75) is 0 Å². The lowest BCUT2D eigenvalue weighted by atomic mass is 10.2. The predicted octanol–water partition coefficient (Wildman–Crippen LogP) is 18.1. The van der Waals surface area contributed by atoms with Crippen molar-refractivity contribution < 1.29 is 65.6 Å². The van der Waals surface area contributed by atoms with Crippen LogP contribution >= 0.6 is 58.0 Å². The van der Waals surface area contributed by atoms with Gasteiger partial charge in [-0.1, -0.05) is 58.0 Å². The second-order valence-corrected chi connectivity index (χ2v) is 26.0. The molecule has 0 atom stereocenters. The lowest BCUT2D eigenvalue weighted by Crippen LogP contribution is -2.14. The Hall–Kier alpha value is -15.2. The van der Waals surface area contributed by atoms with Crippen molar-refractivity contribution >= 4 is 151 Å². The summed E-state index contributed by atoms with van der Waals surface area (Å²) in [5.41, 5.74) is 35.7. The minimum absolute atomic E-state index is 0.00393. The van der Waals surface area contributed by atoms with Crippen LogP contribution in [0.1, 0.15) is 62.5 Å². The van der Waals surface area contributed by atoms with Gasteiger partial charge in [0.2, 0.25) is 0 Å². The van der Waals surface area contributed by atoms with Crippen LogP contribution in [-0.2, 0) is 0 Å². The number of phenolic OH excluding ortho intramolecular Hbond substituents is 1. The number of aromatic nitrogens is 7. The highest BCUT2D eigenvalue weighted by atomic mass is 35.5. The molecule has 14 aromatic rings. The van der Waals surface area contributed by atoms with Crippen molar-refractivity contribution in [3.8, 4) is 40.2 Å². The molecule has 0 aliphatic carbocycles. The third-order valence-corrected chi connectivity index (χ3v) is 16.4. The van der Waals surface area contributed by atoms with E-state index in [1.807, 2.05) is 0 Å².